The van der Waals surface area contributed by atoms with Gasteiger partial charge in [-0.2, -0.15) is 0 Å². The van der Waals surface area contributed by atoms with Crippen LogP contribution in [0.4, 0.5) is 5.69 Å². The van der Waals surface area contributed by atoms with E-state index in [0.717, 1.165) is 27.8 Å². The van der Waals surface area contributed by atoms with Crippen LogP contribution < -0.4 is 5.32 Å². The highest BCUT2D eigenvalue weighted by Gasteiger charge is 2.17. The van der Waals surface area contributed by atoms with Gasteiger partial charge in [-0.05, 0) is 87.9 Å². The van der Waals surface area contributed by atoms with Crippen LogP contribution in [0.3, 0.4) is 0 Å². The fourth-order valence-corrected chi connectivity index (χ4v) is 4.36. The van der Waals surface area contributed by atoms with Gasteiger partial charge in [0.15, 0.2) is 0 Å². The number of nitrogens with zero attached hydrogens (tertiary/aromatic N) is 3. The quantitative estimate of drug-likeness (QED) is 0.232. The van der Waals surface area contributed by atoms with Crippen molar-refractivity contribution in [3.63, 3.8) is 0 Å². The molecule has 0 spiro atoms. The first-order chi connectivity index (χ1) is 19.2. The first kappa shape index (κ1) is 28.2. The lowest BCUT2D eigenvalue weighted by atomic mass is 10.00. The van der Waals surface area contributed by atoms with E-state index in [9.17, 15) is 9.59 Å². The Bertz CT molecular complexity index is 1590. The van der Waals surface area contributed by atoms with E-state index in [1.807, 2.05) is 58.0 Å². The zero-order chi connectivity index (χ0) is 28.8. The third-order valence-corrected chi connectivity index (χ3v) is 6.59. The molecule has 7 heteroatoms. The largest absolute Gasteiger partial charge is 0.467 e. The van der Waals surface area contributed by atoms with Crippen molar-refractivity contribution in [3.8, 4) is 11.4 Å². The number of pyridine rings is 2. The summed E-state index contributed by atoms with van der Waals surface area (Å²) in [6, 6.07) is 18.3. The average Bonchev–Trinajstić information content (AvgIpc) is 2.95. The summed E-state index contributed by atoms with van der Waals surface area (Å²) in [6.45, 7) is 12.1. The molecule has 0 saturated carbocycles. The van der Waals surface area contributed by atoms with E-state index in [0.29, 0.717) is 46.9 Å². The Morgan fingerprint density at radius 1 is 1.05 bits per heavy atom. The van der Waals surface area contributed by atoms with Gasteiger partial charge in [0.1, 0.15) is 0 Å². The topological polar surface area (TPSA) is 84.4 Å². The third-order valence-electron chi connectivity index (χ3n) is 6.59. The number of aryl methyl sites for hydroxylation is 2. The van der Waals surface area contributed by atoms with E-state index >= 15 is 0 Å². The highest BCUT2D eigenvalue weighted by Crippen LogP contribution is 2.28. The smallest absolute Gasteiger partial charge is 0.256 e. The van der Waals surface area contributed by atoms with E-state index < -0.39 is 0 Å². The Labute approximate surface area is 235 Å². The minimum absolute atomic E-state index is 0.125. The van der Waals surface area contributed by atoms with E-state index in [4.69, 9.17) is 9.72 Å². The Morgan fingerprint density at radius 3 is 2.48 bits per heavy atom. The van der Waals surface area contributed by atoms with Crippen LogP contribution in [0.25, 0.3) is 22.3 Å². The first-order valence-corrected chi connectivity index (χ1v) is 13.1. The van der Waals surface area contributed by atoms with Crippen molar-refractivity contribution >= 4 is 28.4 Å². The van der Waals surface area contributed by atoms with Gasteiger partial charge in [0.05, 0.1) is 34.0 Å². The molecule has 2 amide bonds. The molecule has 2 heterocycles. The highest BCUT2D eigenvalue weighted by molar-refractivity contribution is 6.13. The van der Waals surface area contributed by atoms with Crippen molar-refractivity contribution in [1.82, 2.24) is 14.9 Å². The molecule has 0 unspecified atom stereocenters. The molecule has 4 rings (SSSR count). The number of ether oxygens (including phenoxy) is 1. The fourth-order valence-electron chi connectivity index (χ4n) is 4.36. The molecule has 7 nitrogen and oxygen atoms in total. The molecule has 2 aromatic carbocycles. The molecule has 4 aromatic rings. The summed E-state index contributed by atoms with van der Waals surface area (Å²) in [5.41, 5.74) is 5.73. The molecular weight excluding hydrogens is 500 g/mol. The van der Waals surface area contributed by atoms with E-state index in [1.54, 1.807) is 48.5 Å². The van der Waals surface area contributed by atoms with Crippen LogP contribution in [0, 0.1) is 13.8 Å². The summed E-state index contributed by atoms with van der Waals surface area (Å²) in [5.74, 6) is 0.989. The van der Waals surface area contributed by atoms with Crippen LogP contribution in [-0.4, -0.2) is 40.3 Å². The summed E-state index contributed by atoms with van der Waals surface area (Å²) in [7, 11) is 1.74. The van der Waals surface area contributed by atoms with Crippen LogP contribution in [-0.2, 0) is 4.74 Å². The molecule has 1 N–H and O–H groups in total. The second kappa shape index (κ2) is 12.4. The van der Waals surface area contributed by atoms with E-state index in [2.05, 4.69) is 22.9 Å². The third kappa shape index (κ3) is 6.61. The normalized spacial score (nSPS) is 11.3. The van der Waals surface area contributed by atoms with Crippen LogP contribution >= 0.6 is 0 Å². The Kier molecular flexibility index (Phi) is 8.74. The zero-order valence-electron chi connectivity index (χ0n) is 23.6. The molecule has 0 saturated heterocycles. The van der Waals surface area contributed by atoms with Crippen molar-refractivity contribution in [3.05, 3.63) is 113 Å². The van der Waals surface area contributed by atoms with Crippen LogP contribution in [0.2, 0.25) is 0 Å². The van der Waals surface area contributed by atoms with Gasteiger partial charge in [-0.3, -0.25) is 14.6 Å². The number of amides is 2. The number of aromatic nitrogens is 2. The average molecular weight is 535 g/mol. The monoisotopic (exact) mass is 534 g/mol. The molecular formula is C33H34N4O3. The minimum Gasteiger partial charge on any atom is -0.467 e. The lowest BCUT2D eigenvalue weighted by Crippen LogP contribution is -2.28. The van der Waals surface area contributed by atoms with Crippen molar-refractivity contribution in [2.45, 2.75) is 34.1 Å². The Morgan fingerprint density at radius 2 is 1.80 bits per heavy atom. The summed E-state index contributed by atoms with van der Waals surface area (Å²) in [6.07, 6.45) is 4.10. The van der Waals surface area contributed by atoms with Gasteiger partial charge >= 0.3 is 0 Å². The van der Waals surface area contributed by atoms with Crippen molar-refractivity contribution in [2.75, 3.05) is 18.9 Å². The SMILES string of the molecule is C=C(CCN(C)C(=O)c1ccc(NC(=O)c2cc(-c3ccccn3)nc3c(C)cc(C)cc23)cc1)O/C(C)=C\C. The number of nitrogens with one attached hydrogen (secondary N) is 1. The summed E-state index contributed by atoms with van der Waals surface area (Å²) >= 11 is 0. The summed E-state index contributed by atoms with van der Waals surface area (Å²) in [5, 5.41) is 3.76. The van der Waals surface area contributed by atoms with Crippen molar-refractivity contribution < 1.29 is 14.3 Å². The van der Waals surface area contributed by atoms with Crippen molar-refractivity contribution in [2.24, 2.45) is 0 Å². The number of carbonyl (C=O) groups is 2. The Hall–Kier alpha value is -4.78. The number of benzene rings is 2. The maximum absolute atomic E-state index is 13.5. The number of hydrogen-bond donors (Lipinski definition) is 1. The number of allylic oxidation sites excluding steroid dienone is 2. The fraction of sp³-hybridized carbons (Fsp3) is 0.212. The number of hydrogen-bond acceptors (Lipinski definition) is 5. The number of rotatable bonds is 9. The lowest BCUT2D eigenvalue weighted by molar-refractivity contribution is 0.0792. The predicted molar refractivity (Wildman–Crippen MR) is 160 cm³/mol. The van der Waals surface area contributed by atoms with Gasteiger partial charge in [-0.1, -0.05) is 24.3 Å². The van der Waals surface area contributed by atoms with Crippen molar-refractivity contribution in [1.29, 1.82) is 0 Å². The molecule has 0 aliphatic heterocycles. The second-order valence-electron chi connectivity index (χ2n) is 9.80. The number of carbonyl (C=O) groups excluding carboxylic acids is 2. The standard InChI is InChI=1S/C33H34N4O3/c1-7-23(4)40-24(5)15-17-37(6)33(39)25-11-13-26(14-12-25)35-32(38)28-20-30(29-10-8-9-16-34-29)36-31-22(3)18-21(2)19-27(28)31/h7-14,16,18-20H,5,15,17H2,1-4,6H3,(H,35,38)/b23-7-. The predicted octanol–water partition coefficient (Wildman–Crippen LogP) is 7.08. The molecule has 0 atom stereocenters. The molecule has 204 valence electrons. The zero-order valence-corrected chi connectivity index (χ0v) is 23.6. The first-order valence-electron chi connectivity index (χ1n) is 13.1. The number of anilines is 1. The Balaban J connectivity index is 1.52. The highest BCUT2D eigenvalue weighted by atomic mass is 16.5. The van der Waals surface area contributed by atoms with Crippen LogP contribution in [0.5, 0.6) is 0 Å². The second-order valence-corrected chi connectivity index (χ2v) is 9.80. The summed E-state index contributed by atoms with van der Waals surface area (Å²) in [4.78, 5) is 37.3. The lowest BCUT2D eigenvalue weighted by Gasteiger charge is -2.18. The van der Waals surface area contributed by atoms with E-state index in [1.165, 1.54) is 0 Å². The summed E-state index contributed by atoms with van der Waals surface area (Å²) < 4.78 is 5.58. The van der Waals surface area contributed by atoms with Crippen LogP contribution in [0.15, 0.2) is 91.0 Å². The molecule has 0 bridgehead atoms. The number of fused-ring (bicyclic) bond motifs is 1. The molecule has 40 heavy (non-hydrogen) atoms. The molecule has 2 aromatic heterocycles. The minimum atomic E-state index is -0.263. The maximum Gasteiger partial charge on any atom is 0.256 e. The van der Waals surface area contributed by atoms with Crippen LogP contribution in [0.1, 0.15) is 52.1 Å². The van der Waals surface area contributed by atoms with Gasteiger partial charge in [0.25, 0.3) is 11.8 Å². The van der Waals surface area contributed by atoms with Gasteiger partial charge in [0, 0.05) is 42.8 Å². The van der Waals surface area contributed by atoms with Gasteiger partial charge in [-0.25, -0.2) is 4.98 Å². The molecule has 0 aliphatic carbocycles. The van der Waals surface area contributed by atoms with E-state index in [-0.39, 0.29) is 11.8 Å². The maximum atomic E-state index is 13.5. The molecule has 0 fully saturated rings. The van der Waals surface area contributed by atoms with Gasteiger partial charge in [-0.15, -0.1) is 0 Å². The molecule has 0 aliphatic rings. The van der Waals surface area contributed by atoms with Gasteiger partial charge in [0.2, 0.25) is 0 Å². The molecule has 0 radical (unpaired) electrons. The van der Waals surface area contributed by atoms with Gasteiger partial charge < -0.3 is 15.0 Å².